The molecule has 0 bridgehead atoms. The number of rotatable bonds is 5. The zero-order chi connectivity index (χ0) is 10.4. The summed E-state index contributed by atoms with van der Waals surface area (Å²) in [6.07, 6.45) is 1.78. The van der Waals surface area contributed by atoms with Crippen LogP contribution in [0.4, 0.5) is 4.79 Å². The van der Waals surface area contributed by atoms with Crippen LogP contribution >= 0.6 is 0 Å². The van der Waals surface area contributed by atoms with Gasteiger partial charge in [-0.1, -0.05) is 0 Å². The number of nitrogens with two attached hydrogens (primary N) is 1. The first-order valence-electron chi connectivity index (χ1n) is 4.43. The van der Waals surface area contributed by atoms with Gasteiger partial charge in [0.15, 0.2) is 0 Å². The largest absolute Gasteiger partial charge is 0.352 e. The summed E-state index contributed by atoms with van der Waals surface area (Å²) in [5.74, 6) is 0. The molecule has 0 unspecified atom stereocenters. The lowest BCUT2D eigenvalue weighted by atomic mass is 10.3. The van der Waals surface area contributed by atoms with E-state index in [0.29, 0.717) is 13.1 Å². The van der Waals surface area contributed by atoms with Gasteiger partial charge in [-0.25, -0.2) is 4.79 Å². The maximum atomic E-state index is 10.3. The fraction of sp³-hybridized carbons (Fsp3) is 0.500. The third kappa shape index (κ3) is 3.44. The first-order valence-corrected chi connectivity index (χ1v) is 4.43. The minimum Gasteiger partial charge on any atom is -0.352 e. The van der Waals surface area contributed by atoms with Crippen LogP contribution in [0.2, 0.25) is 0 Å². The van der Waals surface area contributed by atoms with E-state index >= 15 is 0 Å². The molecular formula is C8H15N5O. The fourth-order valence-electron chi connectivity index (χ4n) is 1.05. The Morgan fingerprint density at radius 3 is 3.00 bits per heavy atom. The first kappa shape index (κ1) is 10.5. The summed E-state index contributed by atoms with van der Waals surface area (Å²) >= 11 is 0. The van der Waals surface area contributed by atoms with Gasteiger partial charge in [0.25, 0.3) is 0 Å². The lowest BCUT2D eigenvalue weighted by Gasteiger charge is -2.03. The summed E-state index contributed by atoms with van der Waals surface area (Å²) in [6, 6.07) is -0.494. The summed E-state index contributed by atoms with van der Waals surface area (Å²) in [5.41, 5.74) is 7.09. The molecule has 0 aromatic carbocycles. The van der Waals surface area contributed by atoms with Crippen molar-refractivity contribution in [2.45, 2.75) is 13.5 Å². The van der Waals surface area contributed by atoms with Crippen LogP contribution in [0.25, 0.3) is 0 Å². The van der Waals surface area contributed by atoms with Gasteiger partial charge < -0.3 is 16.4 Å². The number of urea groups is 1. The molecule has 6 nitrogen and oxygen atoms in total. The van der Waals surface area contributed by atoms with Crippen LogP contribution in [0, 0.1) is 6.92 Å². The third-order valence-corrected chi connectivity index (χ3v) is 1.85. The van der Waals surface area contributed by atoms with Gasteiger partial charge in [-0.3, -0.25) is 5.10 Å². The molecular weight excluding hydrogens is 182 g/mol. The molecule has 1 rings (SSSR count). The molecule has 0 radical (unpaired) electrons. The number of hydrogen-bond acceptors (Lipinski definition) is 3. The molecule has 0 saturated carbocycles. The second-order valence-corrected chi connectivity index (χ2v) is 2.99. The standard InChI is InChI=1S/C8H15N5O/c1-6-7(5-12-13-6)4-10-2-3-11-8(9)14/h5,10H,2-4H2,1H3,(H,12,13)(H3,9,11,14). The number of aromatic nitrogens is 2. The van der Waals surface area contributed by atoms with Gasteiger partial charge in [0.2, 0.25) is 0 Å². The third-order valence-electron chi connectivity index (χ3n) is 1.85. The second kappa shape index (κ2) is 5.23. The molecule has 0 aliphatic heterocycles. The van der Waals surface area contributed by atoms with Crippen LogP contribution in [0.15, 0.2) is 6.20 Å². The van der Waals surface area contributed by atoms with Crippen molar-refractivity contribution in [1.82, 2.24) is 20.8 Å². The van der Waals surface area contributed by atoms with Gasteiger partial charge in [0.1, 0.15) is 0 Å². The Morgan fingerprint density at radius 1 is 1.64 bits per heavy atom. The van der Waals surface area contributed by atoms with Crippen molar-refractivity contribution in [1.29, 1.82) is 0 Å². The van der Waals surface area contributed by atoms with Crippen LogP contribution in [0.5, 0.6) is 0 Å². The molecule has 2 amide bonds. The van der Waals surface area contributed by atoms with E-state index in [4.69, 9.17) is 5.73 Å². The number of hydrogen-bond donors (Lipinski definition) is 4. The summed E-state index contributed by atoms with van der Waals surface area (Å²) in [4.78, 5) is 10.3. The Hall–Kier alpha value is -1.56. The van der Waals surface area contributed by atoms with E-state index in [1.807, 2.05) is 6.92 Å². The maximum absolute atomic E-state index is 10.3. The Kier molecular flexibility index (Phi) is 3.93. The average Bonchev–Trinajstić information content (AvgIpc) is 2.51. The predicted octanol–water partition coefficient (Wildman–Crippen LogP) is -0.524. The average molecular weight is 197 g/mol. The van der Waals surface area contributed by atoms with Gasteiger partial charge >= 0.3 is 6.03 Å². The number of nitrogens with one attached hydrogen (secondary N) is 3. The Balaban J connectivity index is 2.10. The van der Waals surface area contributed by atoms with Crippen molar-refractivity contribution in [3.05, 3.63) is 17.5 Å². The molecule has 0 atom stereocenters. The van der Waals surface area contributed by atoms with Gasteiger partial charge in [0.05, 0.1) is 6.20 Å². The molecule has 0 fully saturated rings. The lowest BCUT2D eigenvalue weighted by molar-refractivity contribution is 0.249. The van der Waals surface area contributed by atoms with E-state index < -0.39 is 6.03 Å². The number of carbonyl (C=O) groups is 1. The van der Waals surface area contributed by atoms with Crippen LogP contribution in [0.1, 0.15) is 11.3 Å². The molecule has 5 N–H and O–H groups in total. The molecule has 78 valence electrons. The van der Waals surface area contributed by atoms with Crippen LogP contribution in [-0.4, -0.2) is 29.3 Å². The minimum absolute atomic E-state index is 0.494. The van der Waals surface area contributed by atoms with Crippen molar-refractivity contribution >= 4 is 6.03 Å². The highest BCUT2D eigenvalue weighted by Gasteiger charge is 1.98. The first-order chi connectivity index (χ1) is 6.70. The number of primary amides is 1. The lowest BCUT2D eigenvalue weighted by Crippen LogP contribution is -2.35. The molecule has 0 aliphatic rings. The molecule has 6 heteroatoms. The highest BCUT2D eigenvalue weighted by atomic mass is 16.2. The molecule has 0 spiro atoms. The van der Waals surface area contributed by atoms with Crippen LogP contribution in [-0.2, 0) is 6.54 Å². The van der Waals surface area contributed by atoms with Crippen molar-refractivity contribution in [3.63, 3.8) is 0 Å². The molecule has 0 saturated heterocycles. The van der Waals surface area contributed by atoms with Gasteiger partial charge in [-0.05, 0) is 6.92 Å². The highest BCUT2D eigenvalue weighted by Crippen LogP contribution is 2.00. The second-order valence-electron chi connectivity index (χ2n) is 2.99. The van der Waals surface area contributed by atoms with E-state index in [0.717, 1.165) is 17.8 Å². The van der Waals surface area contributed by atoms with E-state index in [1.165, 1.54) is 0 Å². The number of H-pyrrole nitrogens is 1. The van der Waals surface area contributed by atoms with Gasteiger partial charge in [-0.15, -0.1) is 0 Å². The fourth-order valence-corrected chi connectivity index (χ4v) is 1.05. The van der Waals surface area contributed by atoms with Gasteiger partial charge in [0, 0.05) is 30.9 Å². The zero-order valence-electron chi connectivity index (χ0n) is 8.13. The van der Waals surface area contributed by atoms with Crippen LogP contribution in [0.3, 0.4) is 0 Å². The number of amides is 2. The quantitative estimate of drug-likeness (QED) is 0.478. The number of aryl methyl sites for hydroxylation is 1. The molecule has 14 heavy (non-hydrogen) atoms. The van der Waals surface area contributed by atoms with Gasteiger partial charge in [-0.2, -0.15) is 5.10 Å². The van der Waals surface area contributed by atoms with E-state index in [9.17, 15) is 4.79 Å². The Bertz CT molecular complexity index is 296. The number of nitrogens with zero attached hydrogens (tertiary/aromatic N) is 1. The Labute approximate surface area is 82.3 Å². The summed E-state index contributed by atoms with van der Waals surface area (Å²) in [7, 11) is 0. The van der Waals surface area contributed by atoms with Crippen molar-refractivity contribution in [2.24, 2.45) is 5.73 Å². The number of carbonyl (C=O) groups excluding carboxylic acids is 1. The molecule has 1 aromatic heterocycles. The maximum Gasteiger partial charge on any atom is 0.312 e. The van der Waals surface area contributed by atoms with E-state index in [1.54, 1.807) is 6.20 Å². The smallest absolute Gasteiger partial charge is 0.312 e. The zero-order valence-corrected chi connectivity index (χ0v) is 8.13. The summed E-state index contributed by atoms with van der Waals surface area (Å²) in [6.45, 7) is 3.92. The normalized spacial score (nSPS) is 10.1. The summed E-state index contributed by atoms with van der Waals surface area (Å²) < 4.78 is 0. The Morgan fingerprint density at radius 2 is 2.43 bits per heavy atom. The number of aromatic amines is 1. The minimum atomic E-state index is -0.494. The van der Waals surface area contributed by atoms with Crippen molar-refractivity contribution < 1.29 is 4.79 Å². The molecule has 1 heterocycles. The molecule has 0 aliphatic carbocycles. The van der Waals surface area contributed by atoms with E-state index in [2.05, 4.69) is 20.8 Å². The van der Waals surface area contributed by atoms with Crippen molar-refractivity contribution in [2.75, 3.05) is 13.1 Å². The monoisotopic (exact) mass is 197 g/mol. The van der Waals surface area contributed by atoms with E-state index in [-0.39, 0.29) is 0 Å². The summed E-state index contributed by atoms with van der Waals surface area (Å²) in [5, 5.41) is 12.4. The topological polar surface area (TPSA) is 95.8 Å². The van der Waals surface area contributed by atoms with Crippen molar-refractivity contribution in [3.8, 4) is 0 Å². The van der Waals surface area contributed by atoms with Crippen LogP contribution < -0.4 is 16.4 Å². The highest BCUT2D eigenvalue weighted by molar-refractivity contribution is 5.71. The molecule has 1 aromatic rings. The SMILES string of the molecule is Cc1[nH]ncc1CNCCNC(N)=O. The predicted molar refractivity (Wildman–Crippen MR) is 52.6 cm³/mol.